The molecule has 0 aromatic heterocycles. The number of methoxy groups -OCH3 is 3. The standard InChI is InChI=1S/C20H23NO4/c1-23-16-10-9-15(18(13-16)25-3)12-19(22)21-11-5-7-14-6-4-8-17(24-2)20(14)21/h4,6,8-10,13H,5,7,11-12H2,1-3H3. The molecule has 132 valence electrons. The Labute approximate surface area is 148 Å². The van der Waals surface area contributed by atoms with E-state index in [1.54, 1.807) is 27.4 Å². The lowest BCUT2D eigenvalue weighted by Gasteiger charge is -2.31. The van der Waals surface area contributed by atoms with E-state index in [0.717, 1.165) is 35.4 Å². The summed E-state index contributed by atoms with van der Waals surface area (Å²) < 4.78 is 16.1. The summed E-state index contributed by atoms with van der Waals surface area (Å²) in [5.74, 6) is 2.14. The molecule has 2 aromatic rings. The van der Waals surface area contributed by atoms with Gasteiger partial charge in [0.2, 0.25) is 5.91 Å². The summed E-state index contributed by atoms with van der Waals surface area (Å²) in [6.45, 7) is 0.699. The van der Waals surface area contributed by atoms with Crippen molar-refractivity contribution in [3.05, 3.63) is 47.5 Å². The number of aryl methyl sites for hydroxylation is 1. The normalized spacial score (nSPS) is 13.2. The van der Waals surface area contributed by atoms with E-state index in [9.17, 15) is 4.79 Å². The molecule has 2 aromatic carbocycles. The summed E-state index contributed by atoms with van der Waals surface area (Å²) in [5, 5.41) is 0. The van der Waals surface area contributed by atoms with Gasteiger partial charge in [0.1, 0.15) is 17.2 Å². The number of hydrogen-bond acceptors (Lipinski definition) is 4. The van der Waals surface area contributed by atoms with Gasteiger partial charge >= 0.3 is 0 Å². The maximum Gasteiger partial charge on any atom is 0.231 e. The van der Waals surface area contributed by atoms with Gasteiger partial charge in [0.25, 0.3) is 0 Å². The third-order valence-corrected chi connectivity index (χ3v) is 4.54. The van der Waals surface area contributed by atoms with Crippen LogP contribution in [0.2, 0.25) is 0 Å². The molecule has 0 atom stereocenters. The van der Waals surface area contributed by atoms with Gasteiger partial charge in [-0.1, -0.05) is 18.2 Å². The van der Waals surface area contributed by atoms with Crippen molar-refractivity contribution in [3.63, 3.8) is 0 Å². The van der Waals surface area contributed by atoms with E-state index >= 15 is 0 Å². The molecule has 1 amide bonds. The predicted molar refractivity (Wildman–Crippen MR) is 96.9 cm³/mol. The van der Waals surface area contributed by atoms with E-state index in [1.165, 1.54) is 0 Å². The summed E-state index contributed by atoms with van der Waals surface area (Å²) >= 11 is 0. The van der Waals surface area contributed by atoms with E-state index in [1.807, 2.05) is 29.2 Å². The highest BCUT2D eigenvalue weighted by Crippen LogP contribution is 2.37. The predicted octanol–water partition coefficient (Wildman–Crippen LogP) is 3.23. The van der Waals surface area contributed by atoms with Gasteiger partial charge in [-0.3, -0.25) is 4.79 Å². The Morgan fingerprint density at radius 2 is 1.84 bits per heavy atom. The second-order valence-corrected chi connectivity index (χ2v) is 5.97. The molecule has 1 aliphatic heterocycles. The first-order chi connectivity index (χ1) is 12.2. The largest absolute Gasteiger partial charge is 0.497 e. The summed E-state index contributed by atoms with van der Waals surface area (Å²) in [6, 6.07) is 11.5. The molecule has 0 aliphatic carbocycles. The minimum absolute atomic E-state index is 0.0360. The van der Waals surface area contributed by atoms with Crippen molar-refractivity contribution in [3.8, 4) is 17.2 Å². The Balaban J connectivity index is 1.89. The fraction of sp³-hybridized carbons (Fsp3) is 0.350. The number of carbonyl (C=O) groups is 1. The van der Waals surface area contributed by atoms with Crippen LogP contribution in [0.1, 0.15) is 17.5 Å². The molecule has 1 aliphatic rings. The maximum absolute atomic E-state index is 13.0. The number of amides is 1. The monoisotopic (exact) mass is 341 g/mol. The van der Waals surface area contributed by atoms with Crippen molar-refractivity contribution >= 4 is 11.6 Å². The molecule has 25 heavy (non-hydrogen) atoms. The number of ether oxygens (including phenoxy) is 3. The summed E-state index contributed by atoms with van der Waals surface area (Å²) in [6.07, 6.45) is 2.18. The minimum atomic E-state index is 0.0360. The summed E-state index contributed by atoms with van der Waals surface area (Å²) in [5.41, 5.74) is 2.89. The number of fused-ring (bicyclic) bond motifs is 1. The minimum Gasteiger partial charge on any atom is -0.497 e. The first-order valence-corrected chi connectivity index (χ1v) is 8.35. The van der Waals surface area contributed by atoms with Gasteiger partial charge in [-0.05, 0) is 30.5 Å². The molecular weight excluding hydrogens is 318 g/mol. The Hall–Kier alpha value is -2.69. The van der Waals surface area contributed by atoms with Crippen molar-refractivity contribution in [2.24, 2.45) is 0 Å². The molecule has 0 unspecified atom stereocenters. The van der Waals surface area contributed by atoms with Crippen LogP contribution >= 0.6 is 0 Å². The van der Waals surface area contributed by atoms with E-state index < -0.39 is 0 Å². The molecule has 5 nitrogen and oxygen atoms in total. The molecule has 3 rings (SSSR count). The topological polar surface area (TPSA) is 48.0 Å². The molecular formula is C20H23NO4. The third-order valence-electron chi connectivity index (χ3n) is 4.54. The first kappa shape index (κ1) is 17.1. The van der Waals surface area contributed by atoms with Gasteiger partial charge < -0.3 is 19.1 Å². The lowest BCUT2D eigenvalue weighted by molar-refractivity contribution is -0.118. The number of benzene rings is 2. The van der Waals surface area contributed by atoms with Crippen LogP contribution in [0.5, 0.6) is 17.2 Å². The van der Waals surface area contributed by atoms with Crippen LogP contribution in [-0.4, -0.2) is 33.8 Å². The van der Waals surface area contributed by atoms with Gasteiger partial charge in [-0.15, -0.1) is 0 Å². The maximum atomic E-state index is 13.0. The molecule has 1 heterocycles. The molecule has 0 N–H and O–H groups in total. The van der Waals surface area contributed by atoms with Crippen LogP contribution in [0.25, 0.3) is 0 Å². The Kier molecular flexibility index (Phi) is 5.12. The lowest BCUT2D eigenvalue weighted by Crippen LogP contribution is -2.36. The smallest absolute Gasteiger partial charge is 0.231 e. The van der Waals surface area contributed by atoms with Gasteiger partial charge in [0.15, 0.2) is 0 Å². The number of para-hydroxylation sites is 1. The third kappa shape index (κ3) is 3.40. The zero-order chi connectivity index (χ0) is 17.8. The number of carbonyl (C=O) groups excluding carboxylic acids is 1. The highest BCUT2D eigenvalue weighted by Gasteiger charge is 2.26. The van der Waals surface area contributed by atoms with E-state index in [2.05, 4.69) is 6.07 Å². The molecule has 0 bridgehead atoms. The first-order valence-electron chi connectivity index (χ1n) is 8.35. The Morgan fingerprint density at radius 3 is 2.56 bits per heavy atom. The molecule has 0 spiro atoms. The average Bonchev–Trinajstić information content (AvgIpc) is 2.67. The molecule has 0 fully saturated rings. The average molecular weight is 341 g/mol. The SMILES string of the molecule is COc1ccc(CC(=O)N2CCCc3cccc(OC)c32)c(OC)c1. The Morgan fingerprint density at radius 1 is 1.04 bits per heavy atom. The number of anilines is 1. The fourth-order valence-electron chi connectivity index (χ4n) is 3.29. The number of hydrogen-bond donors (Lipinski definition) is 0. The van der Waals surface area contributed by atoms with Gasteiger partial charge in [0.05, 0.1) is 33.4 Å². The Bertz CT molecular complexity index is 758. The van der Waals surface area contributed by atoms with Crippen molar-refractivity contribution in [2.45, 2.75) is 19.3 Å². The van der Waals surface area contributed by atoms with Crippen LogP contribution in [0.3, 0.4) is 0 Å². The molecule has 5 heteroatoms. The van der Waals surface area contributed by atoms with Crippen LogP contribution in [0, 0.1) is 0 Å². The second kappa shape index (κ2) is 7.47. The molecule has 0 saturated carbocycles. The molecule has 0 saturated heterocycles. The van der Waals surface area contributed by atoms with E-state index in [4.69, 9.17) is 14.2 Å². The van der Waals surface area contributed by atoms with Crippen molar-refractivity contribution in [2.75, 3.05) is 32.8 Å². The van der Waals surface area contributed by atoms with Crippen LogP contribution in [0.4, 0.5) is 5.69 Å². The van der Waals surface area contributed by atoms with E-state index in [0.29, 0.717) is 18.0 Å². The highest BCUT2D eigenvalue weighted by molar-refractivity contribution is 5.97. The quantitative estimate of drug-likeness (QED) is 0.838. The zero-order valence-corrected chi connectivity index (χ0v) is 14.9. The second-order valence-electron chi connectivity index (χ2n) is 5.97. The molecule has 0 radical (unpaired) electrons. The van der Waals surface area contributed by atoms with Gasteiger partial charge in [0, 0.05) is 18.2 Å². The zero-order valence-electron chi connectivity index (χ0n) is 14.9. The van der Waals surface area contributed by atoms with Crippen molar-refractivity contribution in [1.82, 2.24) is 0 Å². The van der Waals surface area contributed by atoms with Crippen molar-refractivity contribution < 1.29 is 19.0 Å². The van der Waals surface area contributed by atoms with Crippen molar-refractivity contribution in [1.29, 1.82) is 0 Å². The van der Waals surface area contributed by atoms with Gasteiger partial charge in [-0.2, -0.15) is 0 Å². The van der Waals surface area contributed by atoms with Crippen LogP contribution in [0.15, 0.2) is 36.4 Å². The number of rotatable bonds is 5. The number of nitrogens with zero attached hydrogens (tertiary/aromatic N) is 1. The highest BCUT2D eigenvalue weighted by atomic mass is 16.5. The summed E-state index contributed by atoms with van der Waals surface area (Å²) in [7, 11) is 4.85. The van der Waals surface area contributed by atoms with Crippen LogP contribution in [-0.2, 0) is 17.6 Å². The fourth-order valence-corrected chi connectivity index (χ4v) is 3.29. The van der Waals surface area contributed by atoms with Crippen LogP contribution < -0.4 is 19.1 Å². The lowest BCUT2D eigenvalue weighted by atomic mass is 10.00. The summed E-state index contributed by atoms with van der Waals surface area (Å²) in [4.78, 5) is 14.8. The van der Waals surface area contributed by atoms with Gasteiger partial charge in [-0.25, -0.2) is 0 Å². The van der Waals surface area contributed by atoms with E-state index in [-0.39, 0.29) is 12.3 Å².